The Balaban J connectivity index is 0.00000242. The highest BCUT2D eigenvalue weighted by Gasteiger charge is 2.07. The molecule has 2 rings (SSSR count). The lowest BCUT2D eigenvalue weighted by molar-refractivity contribution is -0.118. The summed E-state index contributed by atoms with van der Waals surface area (Å²) in [6.07, 6.45) is 0. The summed E-state index contributed by atoms with van der Waals surface area (Å²) in [5.74, 6) is 0.0173. The second-order valence-corrected chi connectivity index (χ2v) is 6.95. The van der Waals surface area contributed by atoms with Gasteiger partial charge in [-0.3, -0.25) is 4.79 Å². The zero-order valence-electron chi connectivity index (χ0n) is 12.6. The molecule has 0 aliphatic heterocycles. The molecule has 0 unspecified atom stereocenters. The standard InChI is InChI=1S/C16H19ClN2OS.ClH/c1-11(2)16(20)19-13-5-3-4-12(8-13)9-18-10-14-6-7-15(17)21-14;/h3-8,11,18H,9-10H2,1-2H3,(H,19,20);1H. The summed E-state index contributed by atoms with van der Waals surface area (Å²) in [5, 5.41) is 6.28. The SMILES string of the molecule is CC(C)C(=O)Nc1cccc(CNCc2ccc(Cl)s2)c1.Cl. The second-order valence-electron chi connectivity index (χ2n) is 5.15. The van der Waals surface area contributed by atoms with Crippen LogP contribution in [-0.4, -0.2) is 5.91 Å². The molecule has 0 saturated carbocycles. The van der Waals surface area contributed by atoms with E-state index in [9.17, 15) is 4.79 Å². The van der Waals surface area contributed by atoms with Gasteiger partial charge in [-0.2, -0.15) is 0 Å². The van der Waals surface area contributed by atoms with Gasteiger partial charge in [0.05, 0.1) is 4.34 Å². The highest BCUT2D eigenvalue weighted by atomic mass is 35.5. The maximum absolute atomic E-state index is 11.7. The van der Waals surface area contributed by atoms with Crippen molar-refractivity contribution in [3.63, 3.8) is 0 Å². The number of nitrogens with one attached hydrogen (secondary N) is 2. The Morgan fingerprint density at radius 3 is 2.64 bits per heavy atom. The Hall–Kier alpha value is -1.07. The van der Waals surface area contributed by atoms with Crippen molar-refractivity contribution in [3.05, 3.63) is 51.2 Å². The smallest absolute Gasteiger partial charge is 0.226 e. The van der Waals surface area contributed by atoms with E-state index in [1.807, 2.05) is 50.2 Å². The summed E-state index contributed by atoms with van der Waals surface area (Å²) in [5.41, 5.74) is 1.98. The first-order valence-corrected chi connectivity index (χ1v) is 8.09. The van der Waals surface area contributed by atoms with Crippen LogP contribution in [0, 0.1) is 5.92 Å². The van der Waals surface area contributed by atoms with Crippen LogP contribution in [0.1, 0.15) is 24.3 Å². The number of carbonyl (C=O) groups is 1. The first-order valence-electron chi connectivity index (χ1n) is 6.89. The number of hydrogen-bond donors (Lipinski definition) is 2. The molecular formula is C16H20Cl2N2OS. The molecule has 22 heavy (non-hydrogen) atoms. The van der Waals surface area contributed by atoms with Crippen LogP contribution in [0.15, 0.2) is 36.4 Å². The van der Waals surface area contributed by atoms with Crippen LogP contribution >= 0.6 is 35.3 Å². The first kappa shape index (κ1) is 19.0. The van der Waals surface area contributed by atoms with Crippen molar-refractivity contribution in [1.29, 1.82) is 0 Å². The fourth-order valence-corrected chi connectivity index (χ4v) is 2.88. The van der Waals surface area contributed by atoms with Gasteiger partial charge in [0.25, 0.3) is 0 Å². The van der Waals surface area contributed by atoms with Crippen molar-refractivity contribution in [2.45, 2.75) is 26.9 Å². The van der Waals surface area contributed by atoms with E-state index in [4.69, 9.17) is 11.6 Å². The lowest BCUT2D eigenvalue weighted by atomic mass is 10.1. The maximum atomic E-state index is 11.7. The van der Waals surface area contributed by atoms with E-state index in [1.165, 1.54) is 4.88 Å². The van der Waals surface area contributed by atoms with Crippen LogP contribution in [0.4, 0.5) is 5.69 Å². The number of halogens is 2. The van der Waals surface area contributed by atoms with E-state index < -0.39 is 0 Å². The van der Waals surface area contributed by atoms with Crippen LogP contribution in [0.5, 0.6) is 0 Å². The van der Waals surface area contributed by atoms with E-state index in [2.05, 4.69) is 10.6 Å². The molecule has 1 amide bonds. The van der Waals surface area contributed by atoms with Crippen LogP contribution in [0.25, 0.3) is 0 Å². The van der Waals surface area contributed by atoms with Crippen LogP contribution < -0.4 is 10.6 Å². The molecule has 3 nitrogen and oxygen atoms in total. The molecule has 0 aliphatic rings. The molecule has 2 aromatic rings. The van der Waals surface area contributed by atoms with Gasteiger partial charge >= 0.3 is 0 Å². The topological polar surface area (TPSA) is 41.1 Å². The van der Waals surface area contributed by atoms with E-state index in [-0.39, 0.29) is 24.2 Å². The molecule has 1 aromatic carbocycles. The zero-order chi connectivity index (χ0) is 15.2. The monoisotopic (exact) mass is 358 g/mol. The van der Waals surface area contributed by atoms with Gasteiger partial charge in [-0.1, -0.05) is 37.6 Å². The van der Waals surface area contributed by atoms with E-state index >= 15 is 0 Å². The molecule has 0 fully saturated rings. The summed E-state index contributed by atoms with van der Waals surface area (Å²) in [4.78, 5) is 12.9. The highest BCUT2D eigenvalue weighted by molar-refractivity contribution is 7.16. The fourth-order valence-electron chi connectivity index (χ4n) is 1.82. The minimum absolute atomic E-state index is 0. The molecular weight excluding hydrogens is 339 g/mol. The second kappa shape index (κ2) is 9.16. The molecule has 0 atom stereocenters. The number of anilines is 1. The van der Waals surface area contributed by atoms with Gasteiger partial charge in [-0.05, 0) is 29.8 Å². The fraction of sp³-hybridized carbons (Fsp3) is 0.312. The first-order chi connectivity index (χ1) is 10.0. The molecule has 0 bridgehead atoms. The third-order valence-corrected chi connectivity index (χ3v) is 4.21. The Morgan fingerprint density at radius 2 is 2.00 bits per heavy atom. The summed E-state index contributed by atoms with van der Waals surface area (Å²) >= 11 is 7.49. The van der Waals surface area contributed by atoms with Gasteiger partial charge < -0.3 is 10.6 Å². The van der Waals surface area contributed by atoms with Gasteiger partial charge in [-0.25, -0.2) is 0 Å². The molecule has 0 saturated heterocycles. The molecule has 0 radical (unpaired) electrons. The predicted octanol–water partition coefficient (Wildman–Crippen LogP) is 4.71. The van der Waals surface area contributed by atoms with Crippen molar-refractivity contribution in [3.8, 4) is 0 Å². The highest BCUT2D eigenvalue weighted by Crippen LogP contribution is 2.21. The Morgan fingerprint density at radius 1 is 1.23 bits per heavy atom. The van der Waals surface area contributed by atoms with Gasteiger partial charge in [0, 0.05) is 29.6 Å². The zero-order valence-corrected chi connectivity index (χ0v) is 14.9. The number of amides is 1. The molecule has 1 aromatic heterocycles. The molecule has 0 spiro atoms. The Labute approximate surface area is 146 Å². The van der Waals surface area contributed by atoms with Gasteiger partial charge in [0.1, 0.15) is 0 Å². The molecule has 6 heteroatoms. The van der Waals surface area contributed by atoms with Crippen molar-refractivity contribution in [2.24, 2.45) is 5.92 Å². The largest absolute Gasteiger partial charge is 0.326 e. The number of carbonyl (C=O) groups excluding carboxylic acids is 1. The predicted molar refractivity (Wildman–Crippen MR) is 97.0 cm³/mol. The third-order valence-electron chi connectivity index (χ3n) is 2.98. The van der Waals surface area contributed by atoms with E-state index in [1.54, 1.807) is 11.3 Å². The van der Waals surface area contributed by atoms with Gasteiger partial charge in [0.15, 0.2) is 0 Å². The minimum Gasteiger partial charge on any atom is -0.326 e. The lowest BCUT2D eigenvalue weighted by Crippen LogP contribution is -2.18. The Bertz CT molecular complexity index is 614. The van der Waals surface area contributed by atoms with Crippen molar-refractivity contribution >= 4 is 46.9 Å². The quantitative estimate of drug-likeness (QED) is 0.784. The van der Waals surface area contributed by atoms with Crippen molar-refractivity contribution in [1.82, 2.24) is 5.32 Å². The molecule has 0 aliphatic carbocycles. The van der Waals surface area contributed by atoms with Crippen molar-refractivity contribution in [2.75, 3.05) is 5.32 Å². The summed E-state index contributed by atoms with van der Waals surface area (Å²) < 4.78 is 0.810. The van der Waals surface area contributed by atoms with Crippen molar-refractivity contribution < 1.29 is 4.79 Å². The Kier molecular flexibility index (Phi) is 7.90. The number of hydrogen-bond acceptors (Lipinski definition) is 3. The summed E-state index contributed by atoms with van der Waals surface area (Å²) in [6.45, 7) is 5.31. The third kappa shape index (κ3) is 5.97. The number of thiophene rings is 1. The maximum Gasteiger partial charge on any atom is 0.226 e. The van der Waals surface area contributed by atoms with Crippen LogP contribution in [-0.2, 0) is 17.9 Å². The minimum atomic E-state index is -0.0182. The summed E-state index contributed by atoms with van der Waals surface area (Å²) in [6, 6.07) is 11.8. The average molecular weight is 359 g/mol. The van der Waals surface area contributed by atoms with Crippen LogP contribution in [0.2, 0.25) is 4.34 Å². The summed E-state index contributed by atoms with van der Waals surface area (Å²) in [7, 11) is 0. The van der Waals surface area contributed by atoms with E-state index in [0.29, 0.717) is 0 Å². The number of rotatable bonds is 6. The molecule has 2 N–H and O–H groups in total. The number of benzene rings is 1. The molecule has 1 heterocycles. The average Bonchev–Trinajstić information content (AvgIpc) is 2.85. The van der Waals surface area contributed by atoms with Crippen LogP contribution in [0.3, 0.4) is 0 Å². The van der Waals surface area contributed by atoms with Gasteiger partial charge in [0.2, 0.25) is 5.91 Å². The molecule has 120 valence electrons. The normalized spacial score (nSPS) is 10.4. The van der Waals surface area contributed by atoms with Gasteiger partial charge in [-0.15, -0.1) is 23.7 Å². The van der Waals surface area contributed by atoms with E-state index in [0.717, 1.165) is 28.7 Å². The lowest BCUT2D eigenvalue weighted by Gasteiger charge is -2.09.